The van der Waals surface area contributed by atoms with Crippen molar-refractivity contribution in [2.75, 3.05) is 5.32 Å². The second-order valence-electron chi connectivity index (χ2n) is 5.16. The van der Waals surface area contributed by atoms with E-state index in [-0.39, 0.29) is 27.5 Å². The van der Waals surface area contributed by atoms with Gasteiger partial charge in [-0.25, -0.2) is 0 Å². The molecule has 0 radical (unpaired) electrons. The van der Waals surface area contributed by atoms with Crippen molar-refractivity contribution >= 4 is 46.4 Å². The topological polar surface area (TPSA) is 69.6 Å². The zero-order valence-electron chi connectivity index (χ0n) is 12.1. The van der Waals surface area contributed by atoms with Crippen LogP contribution in [0.15, 0.2) is 30.3 Å². The molecular weight excluding hydrogens is 361 g/mol. The molecule has 0 bridgehead atoms. The Balaban J connectivity index is 2.10. The van der Waals surface area contributed by atoms with Crippen LogP contribution in [-0.2, 0) is 11.2 Å². The maximum atomic E-state index is 12.3. The van der Waals surface area contributed by atoms with Gasteiger partial charge in [0.15, 0.2) is 11.5 Å². The Morgan fingerprint density at radius 3 is 2.26 bits per heavy atom. The molecule has 2 aromatic carbocycles. The van der Waals surface area contributed by atoms with Crippen LogP contribution in [0.5, 0.6) is 11.5 Å². The number of hydrogen-bond donors (Lipinski definition) is 3. The second kappa shape index (κ2) is 7.30. The molecule has 0 aliphatic carbocycles. The number of carbonyl (C=O) groups excluding carboxylic acids is 1. The molecule has 0 saturated carbocycles. The summed E-state index contributed by atoms with van der Waals surface area (Å²) in [6, 6.07) is 7.42. The van der Waals surface area contributed by atoms with Crippen LogP contribution in [0.25, 0.3) is 0 Å². The summed E-state index contributed by atoms with van der Waals surface area (Å²) in [6.45, 7) is 1.73. The molecule has 2 rings (SSSR count). The summed E-state index contributed by atoms with van der Waals surface area (Å²) < 4.78 is 0. The van der Waals surface area contributed by atoms with E-state index in [0.29, 0.717) is 17.1 Å². The van der Waals surface area contributed by atoms with E-state index < -0.39 is 5.92 Å². The lowest BCUT2D eigenvalue weighted by Gasteiger charge is -2.15. The monoisotopic (exact) mass is 373 g/mol. The molecule has 1 atom stereocenters. The Labute approximate surface area is 148 Å². The van der Waals surface area contributed by atoms with Gasteiger partial charge in [-0.05, 0) is 36.2 Å². The fraction of sp³-hybridized carbons (Fsp3) is 0.188. The van der Waals surface area contributed by atoms with Crippen molar-refractivity contribution < 1.29 is 15.0 Å². The summed E-state index contributed by atoms with van der Waals surface area (Å²) in [5, 5.41) is 22.4. The van der Waals surface area contributed by atoms with Crippen LogP contribution in [0.4, 0.5) is 5.69 Å². The Kier molecular flexibility index (Phi) is 5.63. The van der Waals surface area contributed by atoms with E-state index in [0.717, 1.165) is 5.56 Å². The normalized spacial score (nSPS) is 12.0. The molecule has 1 amide bonds. The Morgan fingerprint density at radius 1 is 1.09 bits per heavy atom. The minimum Gasteiger partial charge on any atom is -0.504 e. The fourth-order valence-corrected chi connectivity index (χ4v) is 2.96. The van der Waals surface area contributed by atoms with Crippen LogP contribution in [0.1, 0.15) is 12.5 Å². The number of carbonyl (C=O) groups is 1. The van der Waals surface area contributed by atoms with Crippen LogP contribution < -0.4 is 5.32 Å². The Hall–Kier alpha value is -1.62. The lowest BCUT2D eigenvalue weighted by Crippen LogP contribution is -2.22. The van der Waals surface area contributed by atoms with Crippen molar-refractivity contribution in [3.05, 3.63) is 51.0 Å². The van der Waals surface area contributed by atoms with Gasteiger partial charge in [-0.2, -0.15) is 0 Å². The summed E-state index contributed by atoms with van der Waals surface area (Å²) in [7, 11) is 0. The molecule has 0 spiro atoms. The lowest BCUT2D eigenvalue weighted by atomic mass is 10.00. The number of halogens is 3. The molecule has 1 unspecified atom stereocenters. The van der Waals surface area contributed by atoms with E-state index >= 15 is 0 Å². The number of rotatable bonds is 4. The van der Waals surface area contributed by atoms with E-state index in [4.69, 9.17) is 34.8 Å². The molecule has 0 aliphatic heterocycles. The number of aromatic hydroxyl groups is 2. The molecular formula is C16H14Cl3NO3. The number of benzene rings is 2. The molecule has 7 heteroatoms. The lowest BCUT2D eigenvalue weighted by molar-refractivity contribution is -0.119. The number of amides is 1. The third-order valence-corrected chi connectivity index (χ3v) is 4.10. The SMILES string of the molecule is CC(Cc1ccc(O)c(O)c1)C(=O)Nc1c(Cl)cc(Cl)cc1Cl. The number of anilines is 1. The van der Waals surface area contributed by atoms with Gasteiger partial charge in [-0.1, -0.05) is 47.8 Å². The second-order valence-corrected chi connectivity index (χ2v) is 6.41. The summed E-state index contributed by atoms with van der Waals surface area (Å²) >= 11 is 17.9. The zero-order chi connectivity index (χ0) is 17.1. The quantitative estimate of drug-likeness (QED) is 0.668. The standard InChI is InChI=1S/C16H14Cl3NO3/c1-8(4-9-2-3-13(21)14(22)5-9)16(23)20-15-11(18)6-10(17)7-12(15)19/h2-3,5-8,21-22H,4H2,1H3,(H,20,23). The molecule has 122 valence electrons. The third-order valence-electron chi connectivity index (χ3n) is 3.28. The Bertz CT molecular complexity index is 726. The van der Waals surface area contributed by atoms with E-state index in [1.807, 2.05) is 0 Å². The highest BCUT2D eigenvalue weighted by atomic mass is 35.5. The van der Waals surface area contributed by atoms with E-state index in [2.05, 4.69) is 5.32 Å². The van der Waals surface area contributed by atoms with Crippen LogP contribution in [0.2, 0.25) is 15.1 Å². The molecule has 4 nitrogen and oxygen atoms in total. The average Bonchev–Trinajstić information content (AvgIpc) is 2.46. The molecule has 0 saturated heterocycles. The van der Waals surface area contributed by atoms with Gasteiger partial charge in [0.25, 0.3) is 0 Å². The number of hydrogen-bond acceptors (Lipinski definition) is 3. The van der Waals surface area contributed by atoms with Crippen molar-refractivity contribution in [2.24, 2.45) is 5.92 Å². The first-order valence-electron chi connectivity index (χ1n) is 6.74. The molecule has 23 heavy (non-hydrogen) atoms. The number of nitrogens with one attached hydrogen (secondary N) is 1. The van der Waals surface area contributed by atoms with Crippen molar-refractivity contribution in [3.63, 3.8) is 0 Å². The van der Waals surface area contributed by atoms with Gasteiger partial charge < -0.3 is 15.5 Å². The maximum Gasteiger partial charge on any atom is 0.227 e. The highest BCUT2D eigenvalue weighted by molar-refractivity contribution is 6.42. The molecule has 0 fully saturated rings. The van der Waals surface area contributed by atoms with Gasteiger partial charge in [0.1, 0.15) is 0 Å². The van der Waals surface area contributed by atoms with Crippen molar-refractivity contribution in [3.8, 4) is 11.5 Å². The maximum absolute atomic E-state index is 12.3. The molecule has 3 N–H and O–H groups in total. The summed E-state index contributed by atoms with van der Waals surface area (Å²) in [5.41, 5.74) is 1.03. The van der Waals surface area contributed by atoms with Crippen molar-refractivity contribution in [1.82, 2.24) is 0 Å². The van der Waals surface area contributed by atoms with Crippen LogP contribution in [0.3, 0.4) is 0 Å². The molecule has 0 aliphatic rings. The van der Waals surface area contributed by atoms with E-state index in [1.54, 1.807) is 13.0 Å². The Morgan fingerprint density at radius 2 is 1.70 bits per heavy atom. The van der Waals surface area contributed by atoms with Crippen LogP contribution in [-0.4, -0.2) is 16.1 Å². The summed E-state index contributed by atoms with van der Waals surface area (Å²) in [6.07, 6.45) is 0.377. The summed E-state index contributed by atoms with van der Waals surface area (Å²) in [5.74, 6) is -1.10. The van der Waals surface area contributed by atoms with Gasteiger partial charge >= 0.3 is 0 Å². The third kappa shape index (κ3) is 4.44. The number of phenols is 2. The fourth-order valence-electron chi connectivity index (χ4n) is 2.05. The minimum absolute atomic E-state index is 0.203. The van der Waals surface area contributed by atoms with Gasteiger partial charge in [0, 0.05) is 10.9 Å². The first-order chi connectivity index (χ1) is 10.8. The smallest absolute Gasteiger partial charge is 0.227 e. The molecule has 0 aromatic heterocycles. The van der Waals surface area contributed by atoms with E-state index in [9.17, 15) is 15.0 Å². The first kappa shape index (κ1) is 17.7. The van der Waals surface area contributed by atoms with Crippen LogP contribution >= 0.6 is 34.8 Å². The highest BCUT2D eigenvalue weighted by Gasteiger charge is 2.17. The zero-order valence-corrected chi connectivity index (χ0v) is 14.4. The minimum atomic E-state index is -0.401. The predicted molar refractivity (Wildman–Crippen MR) is 92.7 cm³/mol. The predicted octanol–water partition coefficient (Wildman–Crippen LogP) is 4.88. The van der Waals surface area contributed by atoms with Crippen molar-refractivity contribution in [2.45, 2.75) is 13.3 Å². The van der Waals surface area contributed by atoms with Crippen LogP contribution in [0, 0.1) is 5.92 Å². The van der Waals surface area contributed by atoms with E-state index in [1.165, 1.54) is 24.3 Å². The average molecular weight is 375 g/mol. The first-order valence-corrected chi connectivity index (χ1v) is 7.87. The molecule has 0 heterocycles. The number of phenolic OH excluding ortho intramolecular Hbond substituents is 2. The van der Waals surface area contributed by atoms with Gasteiger partial charge in [0.2, 0.25) is 5.91 Å². The van der Waals surface area contributed by atoms with Gasteiger partial charge in [0.05, 0.1) is 15.7 Å². The summed E-state index contributed by atoms with van der Waals surface area (Å²) in [4.78, 5) is 12.3. The van der Waals surface area contributed by atoms with Gasteiger partial charge in [-0.15, -0.1) is 0 Å². The largest absolute Gasteiger partial charge is 0.504 e. The van der Waals surface area contributed by atoms with Gasteiger partial charge in [-0.3, -0.25) is 4.79 Å². The van der Waals surface area contributed by atoms with Crippen molar-refractivity contribution in [1.29, 1.82) is 0 Å². The molecule has 2 aromatic rings. The highest BCUT2D eigenvalue weighted by Crippen LogP contribution is 2.34.